The molecule has 6 rings (SSSR count). The largest absolute Gasteiger partial charge is 0.382 e. The lowest BCUT2D eigenvalue weighted by Gasteiger charge is -2.54. The number of benzene rings is 1. The average molecular weight is 434 g/mol. The van der Waals surface area contributed by atoms with E-state index in [4.69, 9.17) is 20.9 Å². The fourth-order valence-electron chi connectivity index (χ4n) is 5.55. The fourth-order valence-corrected chi connectivity index (χ4v) is 5.55. The van der Waals surface area contributed by atoms with Gasteiger partial charge in [-0.2, -0.15) is 0 Å². The molecule has 0 radical (unpaired) electrons. The number of anilines is 1. The molecule has 6 nitrogen and oxygen atoms in total. The lowest BCUT2D eigenvalue weighted by atomic mass is 9.66. The first-order valence-corrected chi connectivity index (χ1v) is 11.5. The summed E-state index contributed by atoms with van der Waals surface area (Å²) in [6.45, 7) is 3.79. The minimum atomic E-state index is -1.07. The number of aliphatic hydroxyl groups is 1. The van der Waals surface area contributed by atoms with E-state index in [2.05, 4.69) is 33.9 Å². The molecule has 1 aromatic heterocycles. The fraction of sp³-hybridized carbons (Fsp3) is 0.500. The molecule has 0 spiro atoms. The maximum Gasteiger partial charge on any atom is 0.146 e. The van der Waals surface area contributed by atoms with E-state index in [0.29, 0.717) is 13.2 Å². The van der Waals surface area contributed by atoms with Crippen molar-refractivity contribution in [3.8, 4) is 12.3 Å². The van der Waals surface area contributed by atoms with E-state index in [1.807, 2.05) is 24.3 Å². The Balaban J connectivity index is 1.49. The lowest BCUT2D eigenvalue weighted by molar-refractivity contribution is -0.143. The first kappa shape index (κ1) is 21.4. The molecule has 1 aromatic carbocycles. The Kier molecular flexibility index (Phi) is 5.92. The highest BCUT2D eigenvalue weighted by atomic mass is 16.7. The maximum absolute atomic E-state index is 12.1. The van der Waals surface area contributed by atoms with Gasteiger partial charge in [0.2, 0.25) is 0 Å². The third kappa shape index (κ3) is 3.70. The number of fused-ring (bicyclic) bond motifs is 3. The van der Waals surface area contributed by atoms with Crippen LogP contribution < -0.4 is 4.90 Å². The number of aromatic nitrogens is 1. The molecule has 6 heteroatoms. The Bertz CT molecular complexity index is 978. The molecular weight excluding hydrogens is 402 g/mol. The summed E-state index contributed by atoms with van der Waals surface area (Å²) in [5.41, 5.74) is 1.90. The zero-order chi connectivity index (χ0) is 22.1. The monoisotopic (exact) mass is 433 g/mol. The van der Waals surface area contributed by atoms with Crippen LogP contribution >= 0.6 is 0 Å². The van der Waals surface area contributed by atoms with Crippen LogP contribution in [0.2, 0.25) is 0 Å². The summed E-state index contributed by atoms with van der Waals surface area (Å²) in [5, 5.41) is 12.1. The number of pyridine rings is 1. The van der Waals surface area contributed by atoms with Crippen molar-refractivity contribution in [1.29, 1.82) is 0 Å². The van der Waals surface area contributed by atoms with Crippen molar-refractivity contribution in [3.05, 3.63) is 59.3 Å². The van der Waals surface area contributed by atoms with E-state index < -0.39 is 5.60 Å². The second kappa shape index (κ2) is 8.84. The Labute approximate surface area is 190 Å². The standard InChI is InChI=1S/C26H31N3O3/c1-3-24-26(30,20-11-13-28(24)14-12-20)22-9-10-25(29-16-21(17-29)32-18-31-2)27-23(22)15-19-7-5-4-6-8-19/h1,4-10,20-21,24,30H,11-18H2,2H3/t24?,26-/m1/s1. The van der Waals surface area contributed by atoms with Crippen molar-refractivity contribution in [1.82, 2.24) is 9.88 Å². The van der Waals surface area contributed by atoms with E-state index >= 15 is 0 Å². The molecule has 4 saturated heterocycles. The van der Waals surface area contributed by atoms with Crippen LogP contribution in [0.4, 0.5) is 5.82 Å². The van der Waals surface area contributed by atoms with Crippen LogP contribution in [0.25, 0.3) is 0 Å². The summed E-state index contributed by atoms with van der Waals surface area (Å²) in [5.74, 6) is 3.98. The molecule has 168 valence electrons. The van der Waals surface area contributed by atoms with Crippen LogP contribution in [0, 0.1) is 18.3 Å². The second-order valence-electron chi connectivity index (χ2n) is 9.13. The van der Waals surface area contributed by atoms with Crippen LogP contribution in [-0.4, -0.2) is 67.2 Å². The quantitative estimate of drug-likeness (QED) is 0.535. The number of rotatable bonds is 7. The zero-order valence-corrected chi connectivity index (χ0v) is 18.6. The van der Waals surface area contributed by atoms with Crippen molar-refractivity contribution < 1.29 is 14.6 Å². The number of nitrogens with zero attached hydrogens (tertiary/aromatic N) is 3. The van der Waals surface area contributed by atoms with Crippen LogP contribution in [0.3, 0.4) is 0 Å². The van der Waals surface area contributed by atoms with Gasteiger partial charge in [-0.05, 0) is 43.5 Å². The van der Waals surface area contributed by atoms with Gasteiger partial charge in [0, 0.05) is 32.2 Å². The van der Waals surface area contributed by atoms with Gasteiger partial charge in [0.15, 0.2) is 0 Å². The molecule has 32 heavy (non-hydrogen) atoms. The van der Waals surface area contributed by atoms with Gasteiger partial charge >= 0.3 is 0 Å². The summed E-state index contributed by atoms with van der Waals surface area (Å²) in [6.07, 6.45) is 8.71. The van der Waals surface area contributed by atoms with Crippen LogP contribution in [0.1, 0.15) is 29.7 Å². The lowest BCUT2D eigenvalue weighted by Crippen LogP contribution is -2.63. The van der Waals surface area contributed by atoms with Gasteiger partial charge in [-0.25, -0.2) is 4.98 Å². The van der Waals surface area contributed by atoms with Gasteiger partial charge in [0.25, 0.3) is 0 Å². The number of ether oxygens (including phenoxy) is 2. The van der Waals surface area contributed by atoms with Crippen LogP contribution in [-0.2, 0) is 21.5 Å². The van der Waals surface area contributed by atoms with Crippen LogP contribution in [0.5, 0.6) is 0 Å². The molecule has 5 heterocycles. The summed E-state index contributed by atoms with van der Waals surface area (Å²) < 4.78 is 10.7. The highest BCUT2D eigenvalue weighted by molar-refractivity contribution is 5.48. The molecule has 0 saturated carbocycles. The van der Waals surface area contributed by atoms with Crippen molar-refractivity contribution in [2.24, 2.45) is 5.92 Å². The Morgan fingerprint density at radius 1 is 1.16 bits per heavy atom. The average Bonchev–Trinajstić information content (AvgIpc) is 2.79. The molecule has 0 amide bonds. The van der Waals surface area contributed by atoms with E-state index in [1.165, 1.54) is 5.56 Å². The predicted molar refractivity (Wildman–Crippen MR) is 123 cm³/mol. The SMILES string of the molecule is C#CC1N2CCC(CC2)[C@@]1(O)c1ccc(N2CC(OCOC)C2)nc1Cc1ccccc1. The Hall–Kier alpha value is -2.43. The van der Waals surface area contributed by atoms with Crippen molar-refractivity contribution in [3.63, 3.8) is 0 Å². The van der Waals surface area contributed by atoms with Crippen molar-refractivity contribution >= 4 is 5.82 Å². The topological polar surface area (TPSA) is 58.1 Å². The molecule has 1 unspecified atom stereocenters. The molecule has 4 aliphatic rings. The van der Waals surface area contributed by atoms with Gasteiger partial charge in [-0.3, -0.25) is 4.90 Å². The number of piperidine rings is 3. The predicted octanol–water partition coefficient (Wildman–Crippen LogP) is 2.40. The van der Waals surface area contributed by atoms with E-state index in [-0.39, 0.29) is 18.1 Å². The molecule has 2 aromatic rings. The Morgan fingerprint density at radius 2 is 1.91 bits per heavy atom. The summed E-state index contributed by atoms with van der Waals surface area (Å²) in [6, 6.07) is 14.1. The first-order valence-electron chi connectivity index (χ1n) is 11.5. The van der Waals surface area contributed by atoms with Crippen LogP contribution in [0.15, 0.2) is 42.5 Å². The molecule has 2 bridgehead atoms. The van der Waals surface area contributed by atoms with E-state index in [0.717, 1.165) is 56.1 Å². The van der Waals surface area contributed by atoms with Gasteiger partial charge < -0.3 is 19.5 Å². The molecule has 0 aliphatic carbocycles. The first-order chi connectivity index (χ1) is 15.6. The second-order valence-corrected chi connectivity index (χ2v) is 9.13. The number of hydrogen-bond acceptors (Lipinski definition) is 6. The van der Waals surface area contributed by atoms with Gasteiger partial charge in [-0.15, -0.1) is 6.42 Å². The molecule has 4 aliphatic heterocycles. The summed E-state index contributed by atoms with van der Waals surface area (Å²) >= 11 is 0. The molecule has 4 fully saturated rings. The third-order valence-corrected chi connectivity index (χ3v) is 7.29. The smallest absolute Gasteiger partial charge is 0.146 e. The third-order valence-electron chi connectivity index (χ3n) is 7.29. The number of terminal acetylenes is 1. The summed E-state index contributed by atoms with van der Waals surface area (Å²) in [4.78, 5) is 9.53. The van der Waals surface area contributed by atoms with E-state index in [1.54, 1.807) is 7.11 Å². The zero-order valence-electron chi connectivity index (χ0n) is 18.6. The minimum Gasteiger partial charge on any atom is -0.382 e. The number of hydrogen-bond donors (Lipinski definition) is 1. The molecule has 1 N–H and O–H groups in total. The summed E-state index contributed by atoms with van der Waals surface area (Å²) in [7, 11) is 1.63. The van der Waals surface area contributed by atoms with Crippen molar-refractivity contribution in [2.45, 2.75) is 37.0 Å². The number of methoxy groups -OCH3 is 1. The molecule has 2 atom stereocenters. The Morgan fingerprint density at radius 3 is 2.59 bits per heavy atom. The highest BCUT2D eigenvalue weighted by Gasteiger charge is 2.54. The molecular formula is C26H31N3O3. The maximum atomic E-state index is 12.1. The van der Waals surface area contributed by atoms with Crippen molar-refractivity contribution in [2.75, 3.05) is 45.0 Å². The van der Waals surface area contributed by atoms with E-state index in [9.17, 15) is 5.11 Å². The van der Waals surface area contributed by atoms with Gasteiger partial charge in [0.05, 0.1) is 11.8 Å². The van der Waals surface area contributed by atoms with Gasteiger partial charge in [-0.1, -0.05) is 42.3 Å². The minimum absolute atomic E-state index is 0.158. The normalized spacial score (nSPS) is 29.5. The van der Waals surface area contributed by atoms with Gasteiger partial charge in [0.1, 0.15) is 24.3 Å². The highest BCUT2D eigenvalue weighted by Crippen LogP contribution is 2.48.